The summed E-state index contributed by atoms with van der Waals surface area (Å²) in [4.78, 5) is 65.6. The van der Waals surface area contributed by atoms with Gasteiger partial charge in [0, 0.05) is 61.3 Å². The Bertz CT molecular complexity index is 2740. The smallest absolute Gasteiger partial charge is 0.407 e. The SMILES string of the molecule is CNC(=O)Cc1ccc(-c2ccn(CC34CC5(C)CC(C)(C3)CC(OCCNC(=O)OCc3ccc(O[C@@H]6O[C@H](C(=O)O)[C@@H](O)[C@H](O)[C@H]6O)cc3OCCOCCNC(=O)[C@@H](N)CS(=O)(=O)O)(C5)C4)c2C)c(C(=O)O)n1. The highest BCUT2D eigenvalue weighted by Crippen LogP contribution is 2.72. The summed E-state index contributed by atoms with van der Waals surface area (Å²) in [5, 5.41) is 58.2. The predicted molar refractivity (Wildman–Crippen MR) is 265 cm³/mol. The molecule has 1 saturated heterocycles. The van der Waals surface area contributed by atoms with Crippen LogP contribution in [0.5, 0.6) is 11.5 Å². The third kappa shape index (κ3) is 13.9. The summed E-state index contributed by atoms with van der Waals surface area (Å²) in [7, 11) is -2.96. The van der Waals surface area contributed by atoms with E-state index in [1.807, 2.05) is 19.2 Å². The van der Waals surface area contributed by atoms with E-state index in [4.69, 9.17) is 38.7 Å². The standard InChI is InChI=1S/C50H68N6O19S/c1-28-32(33-8-6-30(17-36(57)52-4)55-37(33)43(62)63)9-12-56(28)27-49-22-47(2)21-48(3,23-49)25-50(24-47,26-49)73-14-11-54-46(66)72-19-29-5-7-31(74-45-40(60)38(58)39(59)41(75-45)44(64)65)18-35(29)71-16-15-70-13-10-53-42(61)34(51)20-76(67,68)69/h5-9,12,18,34,38-41,45,58-60H,10-11,13-17,19-27,51H2,1-4H3,(H,52,57)(H,53,61)(H,54,66)(H,62,63)(H,64,65)(H,67,68,69)/t34-,38-,39-,40+,41-,45+,47?,48?,49?,50?/m0/s1. The fourth-order valence-electron chi connectivity index (χ4n) is 12.5. The number of carbonyl (C=O) groups excluding carboxylic acids is 3. The van der Waals surface area contributed by atoms with E-state index in [9.17, 15) is 57.9 Å². The highest BCUT2D eigenvalue weighted by Gasteiger charge is 2.66. The van der Waals surface area contributed by atoms with Gasteiger partial charge in [0.2, 0.25) is 18.1 Å². The van der Waals surface area contributed by atoms with Crippen molar-refractivity contribution in [3.63, 3.8) is 0 Å². The summed E-state index contributed by atoms with van der Waals surface area (Å²) in [6.07, 6.45) is -2.61. The Labute approximate surface area is 438 Å². The zero-order valence-electron chi connectivity index (χ0n) is 42.7. The third-order valence-corrected chi connectivity index (χ3v) is 15.2. The molecule has 4 saturated carbocycles. The van der Waals surface area contributed by atoms with E-state index in [1.165, 1.54) is 25.2 Å². The third-order valence-electron chi connectivity index (χ3n) is 14.5. The highest BCUT2D eigenvalue weighted by atomic mass is 32.2. The van der Waals surface area contributed by atoms with E-state index >= 15 is 0 Å². The molecule has 4 aliphatic carbocycles. The number of aliphatic hydroxyl groups is 3. The minimum atomic E-state index is -4.47. The van der Waals surface area contributed by atoms with Gasteiger partial charge in [0.05, 0.1) is 43.3 Å². The molecule has 3 amide bonds. The van der Waals surface area contributed by atoms with Crippen LogP contribution in [0.4, 0.5) is 4.79 Å². The molecule has 76 heavy (non-hydrogen) atoms. The number of carboxylic acids is 2. The minimum Gasteiger partial charge on any atom is -0.491 e. The zero-order chi connectivity index (χ0) is 55.4. The number of pyridine rings is 1. The van der Waals surface area contributed by atoms with Gasteiger partial charge in [0.15, 0.2) is 11.8 Å². The molecule has 0 radical (unpaired) electrons. The number of hydrogen-bond donors (Lipinski definition) is 10. The van der Waals surface area contributed by atoms with Crippen LogP contribution < -0.4 is 31.2 Å². The van der Waals surface area contributed by atoms with Crippen molar-refractivity contribution < 1.29 is 90.9 Å². The van der Waals surface area contributed by atoms with Crippen molar-refractivity contribution >= 4 is 40.0 Å². The van der Waals surface area contributed by atoms with E-state index in [-0.39, 0.29) is 91.9 Å². The monoisotopic (exact) mass is 1090 g/mol. The van der Waals surface area contributed by atoms with Crippen molar-refractivity contribution in [3.8, 4) is 22.6 Å². The van der Waals surface area contributed by atoms with Gasteiger partial charge in [0.25, 0.3) is 10.1 Å². The molecule has 5 aliphatic rings. The number of aliphatic hydroxyl groups excluding tert-OH is 3. The summed E-state index contributed by atoms with van der Waals surface area (Å²) >= 11 is 0. The van der Waals surface area contributed by atoms with Crippen molar-refractivity contribution in [2.24, 2.45) is 22.0 Å². The molecular weight excluding hydrogens is 1020 g/mol. The van der Waals surface area contributed by atoms with Crippen LogP contribution in [0.1, 0.15) is 79.8 Å². The number of aliphatic carboxylic acids is 1. The lowest BCUT2D eigenvalue weighted by Crippen LogP contribution is -2.64. The molecule has 2 unspecified atom stereocenters. The molecule has 2 aromatic heterocycles. The first-order chi connectivity index (χ1) is 35.7. The normalized spacial score (nSPS) is 28.0. The first-order valence-electron chi connectivity index (χ1n) is 24.8. The number of likely N-dealkylation sites (N-methyl/N-ethyl adjacent to an activating group) is 1. The van der Waals surface area contributed by atoms with E-state index in [0.29, 0.717) is 23.4 Å². The number of amides is 3. The average Bonchev–Trinajstić information content (AvgIpc) is 3.68. The topological polar surface area (TPSA) is 376 Å². The van der Waals surface area contributed by atoms with Gasteiger partial charge in [-0.1, -0.05) is 19.9 Å². The summed E-state index contributed by atoms with van der Waals surface area (Å²) in [5.74, 6) is -4.78. The number of ether oxygens (including phenoxy) is 6. The second kappa shape index (κ2) is 23.3. The molecule has 3 heterocycles. The van der Waals surface area contributed by atoms with E-state index in [2.05, 4.69) is 39.3 Å². The molecule has 1 aliphatic heterocycles. The van der Waals surface area contributed by atoms with Crippen LogP contribution >= 0.6 is 0 Å². The first kappa shape index (κ1) is 57.7. The fourth-order valence-corrected chi connectivity index (χ4v) is 13.1. The second-order valence-corrected chi connectivity index (χ2v) is 22.7. The van der Waals surface area contributed by atoms with Crippen molar-refractivity contribution in [3.05, 3.63) is 65.2 Å². The second-order valence-electron chi connectivity index (χ2n) is 21.2. The van der Waals surface area contributed by atoms with E-state index < -0.39 is 82.2 Å². The average molecular weight is 1090 g/mol. The number of nitrogens with zero attached hydrogens (tertiary/aromatic N) is 2. The quantitative estimate of drug-likeness (QED) is 0.0416. The molecule has 26 heteroatoms. The van der Waals surface area contributed by atoms with Crippen molar-refractivity contribution in [2.75, 3.05) is 52.3 Å². The van der Waals surface area contributed by atoms with Crippen molar-refractivity contribution in [1.29, 1.82) is 0 Å². The number of rotatable bonds is 25. The van der Waals surface area contributed by atoms with Gasteiger partial charge in [-0.3, -0.25) is 14.1 Å². The number of aromatic nitrogens is 2. The van der Waals surface area contributed by atoms with Crippen LogP contribution in [-0.4, -0.2) is 173 Å². The molecular formula is C50H68N6O19S. The Morgan fingerprint density at radius 1 is 0.882 bits per heavy atom. The minimum absolute atomic E-state index is 0.00327. The Kier molecular flexibility index (Phi) is 17.7. The number of nitrogens with one attached hydrogen (secondary N) is 3. The van der Waals surface area contributed by atoms with Gasteiger partial charge in [-0.15, -0.1) is 0 Å². The lowest BCUT2D eigenvalue weighted by atomic mass is 9.39. The zero-order valence-corrected chi connectivity index (χ0v) is 43.5. The van der Waals surface area contributed by atoms with Crippen LogP contribution in [0.3, 0.4) is 0 Å². The number of hydrogen-bond acceptors (Lipinski definition) is 18. The molecule has 8 atom stereocenters. The van der Waals surface area contributed by atoms with Gasteiger partial charge < -0.3 is 80.2 Å². The molecule has 8 rings (SSSR count). The Morgan fingerprint density at radius 2 is 1.59 bits per heavy atom. The van der Waals surface area contributed by atoms with Crippen LogP contribution in [0.15, 0.2) is 42.6 Å². The number of alkyl carbamates (subject to hydrolysis) is 1. The number of carbonyl (C=O) groups is 5. The number of benzene rings is 1. The van der Waals surface area contributed by atoms with Crippen LogP contribution in [-0.2, 0) is 63.0 Å². The molecule has 11 N–H and O–H groups in total. The maximum Gasteiger partial charge on any atom is 0.407 e. The number of nitrogens with two attached hydrogens (primary N) is 1. The van der Waals surface area contributed by atoms with Gasteiger partial charge >= 0.3 is 18.0 Å². The van der Waals surface area contributed by atoms with Crippen LogP contribution in [0.25, 0.3) is 11.1 Å². The summed E-state index contributed by atoms with van der Waals surface area (Å²) in [6, 6.07) is 8.01. The molecule has 25 nitrogen and oxygen atoms in total. The first-order valence-corrected chi connectivity index (χ1v) is 26.4. The maximum absolute atomic E-state index is 13.2. The van der Waals surface area contributed by atoms with Crippen LogP contribution in [0.2, 0.25) is 0 Å². The van der Waals surface area contributed by atoms with E-state index in [1.54, 1.807) is 12.1 Å². The maximum atomic E-state index is 13.2. The summed E-state index contributed by atoms with van der Waals surface area (Å²) in [6.45, 7) is 7.08. The Morgan fingerprint density at radius 3 is 2.26 bits per heavy atom. The molecule has 5 fully saturated rings. The molecule has 418 valence electrons. The number of carboxylic acid groups (broad SMARTS) is 2. The Balaban J connectivity index is 0.955. The summed E-state index contributed by atoms with van der Waals surface area (Å²) < 4.78 is 67.9. The van der Waals surface area contributed by atoms with Gasteiger partial charge in [-0.25, -0.2) is 19.4 Å². The van der Waals surface area contributed by atoms with Gasteiger partial charge in [-0.2, -0.15) is 8.42 Å². The largest absolute Gasteiger partial charge is 0.491 e. The molecule has 3 aromatic rings. The number of aromatic carboxylic acids is 1. The molecule has 4 bridgehead atoms. The summed E-state index contributed by atoms with van der Waals surface area (Å²) in [5.41, 5.74) is 7.62. The lowest BCUT2D eigenvalue weighted by Gasteiger charge is -2.69. The van der Waals surface area contributed by atoms with Gasteiger partial charge in [-0.05, 0) is 86.0 Å². The highest BCUT2D eigenvalue weighted by molar-refractivity contribution is 7.85. The Hall–Kier alpha value is -5.97. The molecule has 1 aromatic carbocycles. The van der Waals surface area contributed by atoms with Crippen molar-refractivity contribution in [1.82, 2.24) is 25.5 Å². The van der Waals surface area contributed by atoms with E-state index in [0.717, 1.165) is 49.8 Å². The lowest BCUT2D eigenvalue weighted by molar-refractivity contribution is -0.271. The van der Waals surface area contributed by atoms with Crippen LogP contribution in [0, 0.1) is 23.2 Å². The predicted octanol–water partition coefficient (Wildman–Crippen LogP) is 0.905. The molecule has 0 spiro atoms. The van der Waals surface area contributed by atoms with Crippen molar-refractivity contribution in [2.45, 2.75) is 121 Å². The fraction of sp³-hybridized carbons (Fsp3) is 0.600. The van der Waals surface area contributed by atoms with Gasteiger partial charge in [0.1, 0.15) is 49.1 Å².